The van der Waals surface area contributed by atoms with Gasteiger partial charge in [-0.3, -0.25) is 9.35 Å². The van der Waals surface area contributed by atoms with E-state index in [0.29, 0.717) is 6.26 Å². The van der Waals surface area contributed by atoms with Gasteiger partial charge in [-0.1, -0.05) is 15.9 Å². The van der Waals surface area contributed by atoms with Crippen LogP contribution in [0.5, 0.6) is 0 Å². The van der Waals surface area contributed by atoms with Gasteiger partial charge < -0.3 is 9.97 Å². The molecule has 0 aliphatic rings. The number of halogens is 1. The first kappa shape index (κ1) is 18.6. The Morgan fingerprint density at radius 1 is 1.04 bits per heavy atom. The van der Waals surface area contributed by atoms with E-state index >= 15 is 0 Å². The van der Waals surface area contributed by atoms with Crippen LogP contribution in [-0.4, -0.2) is 29.2 Å². The summed E-state index contributed by atoms with van der Waals surface area (Å²) in [6.45, 7) is 4.07. The normalized spacial score (nSPS) is 11.7. The maximum Gasteiger partial charge on any atom is 0.261 e. The zero-order valence-corrected chi connectivity index (χ0v) is 16.7. The molecule has 0 radical (unpaired) electrons. The molecule has 0 unspecified atom stereocenters. The van der Waals surface area contributed by atoms with Gasteiger partial charge in [0.15, 0.2) is 5.43 Å². The Bertz CT molecular complexity index is 1310. The van der Waals surface area contributed by atoms with Crippen molar-refractivity contribution < 1.29 is 13.0 Å². The molecule has 0 amide bonds. The summed E-state index contributed by atoms with van der Waals surface area (Å²) in [5, 5.41) is 3.12. The van der Waals surface area contributed by atoms with Crippen molar-refractivity contribution in [3.8, 4) is 0 Å². The van der Waals surface area contributed by atoms with Crippen molar-refractivity contribution in [1.82, 2.24) is 9.97 Å². The highest BCUT2D eigenvalue weighted by Crippen LogP contribution is 2.35. The van der Waals surface area contributed by atoms with Gasteiger partial charge in [-0.05, 0) is 43.2 Å². The van der Waals surface area contributed by atoms with Crippen LogP contribution in [0, 0.1) is 13.8 Å². The van der Waals surface area contributed by atoms with E-state index in [4.69, 9.17) is 4.55 Å². The van der Waals surface area contributed by atoms with E-state index in [9.17, 15) is 13.2 Å². The predicted octanol–water partition coefficient (Wildman–Crippen LogP) is 4.05. The summed E-state index contributed by atoms with van der Waals surface area (Å²) in [4.78, 5) is 18.9. The molecule has 136 valence electrons. The van der Waals surface area contributed by atoms with Crippen LogP contribution in [0.15, 0.2) is 39.7 Å². The summed E-state index contributed by atoms with van der Waals surface area (Å²) >= 11 is 3.54. The third-order valence-corrected chi connectivity index (χ3v) is 4.71. The number of aryl methyl sites for hydroxylation is 2. The van der Waals surface area contributed by atoms with Crippen LogP contribution in [0.3, 0.4) is 0 Å². The summed E-state index contributed by atoms with van der Waals surface area (Å²) in [7, 11) is -3.67. The second kappa shape index (κ2) is 6.53. The Balaban J connectivity index is 0.000000349. The zero-order chi connectivity index (χ0) is 19.2. The van der Waals surface area contributed by atoms with Crippen molar-refractivity contribution in [3.63, 3.8) is 0 Å². The van der Waals surface area contributed by atoms with Gasteiger partial charge in [-0.25, -0.2) is 0 Å². The van der Waals surface area contributed by atoms with Gasteiger partial charge in [0.25, 0.3) is 10.1 Å². The second-order valence-corrected chi connectivity index (χ2v) is 8.52. The highest BCUT2D eigenvalue weighted by atomic mass is 79.9. The van der Waals surface area contributed by atoms with E-state index in [0.717, 1.165) is 37.5 Å². The fourth-order valence-electron chi connectivity index (χ4n) is 3.23. The van der Waals surface area contributed by atoms with Crippen molar-refractivity contribution in [2.24, 2.45) is 0 Å². The highest BCUT2D eigenvalue weighted by molar-refractivity contribution is 9.10. The van der Waals surface area contributed by atoms with E-state index in [1.165, 1.54) is 10.8 Å². The van der Waals surface area contributed by atoms with Crippen LogP contribution in [0.25, 0.3) is 32.7 Å². The molecule has 3 N–H and O–H groups in total. The van der Waals surface area contributed by atoms with E-state index in [2.05, 4.69) is 45.0 Å². The molecular weight excluding hydrogens is 420 g/mol. The molecule has 0 fully saturated rings. The van der Waals surface area contributed by atoms with Crippen LogP contribution < -0.4 is 5.43 Å². The van der Waals surface area contributed by atoms with Crippen molar-refractivity contribution in [2.75, 3.05) is 6.26 Å². The Morgan fingerprint density at radius 2 is 1.65 bits per heavy atom. The number of aromatic amines is 2. The van der Waals surface area contributed by atoms with E-state index in [1.807, 2.05) is 13.0 Å². The maximum absolute atomic E-state index is 12.2. The summed E-state index contributed by atoms with van der Waals surface area (Å²) in [5.41, 5.74) is 5.22. The number of fused-ring (bicyclic) bond motifs is 4. The largest absolute Gasteiger partial charge is 0.361 e. The number of nitrogens with one attached hydrogen (secondary N) is 2. The van der Waals surface area contributed by atoms with Gasteiger partial charge >= 0.3 is 0 Å². The average molecular weight is 437 g/mol. The first-order chi connectivity index (χ1) is 12.1. The number of hydrogen-bond donors (Lipinski definition) is 3. The molecule has 8 heteroatoms. The van der Waals surface area contributed by atoms with E-state index < -0.39 is 10.1 Å². The smallest absolute Gasteiger partial charge is 0.261 e. The molecule has 4 rings (SSSR count). The molecular formula is C18H17BrN2O4S. The van der Waals surface area contributed by atoms with Crippen molar-refractivity contribution in [1.29, 1.82) is 0 Å². The molecule has 2 heterocycles. The van der Waals surface area contributed by atoms with Crippen LogP contribution in [0.1, 0.15) is 11.1 Å². The SMILES string of the molecule is CS(=O)(=O)O.Cc1c2[nH]c3ccc(Br)cc3c2c(C)c2[nH]ccc(=O)c12. The van der Waals surface area contributed by atoms with E-state index in [1.54, 1.807) is 12.3 Å². The summed E-state index contributed by atoms with van der Waals surface area (Å²) < 4.78 is 26.9. The molecule has 26 heavy (non-hydrogen) atoms. The molecule has 0 atom stereocenters. The summed E-state index contributed by atoms with van der Waals surface area (Å²) in [6, 6.07) is 7.78. The average Bonchev–Trinajstić information content (AvgIpc) is 2.90. The molecule has 2 aromatic heterocycles. The topological polar surface area (TPSA) is 103 Å². The van der Waals surface area contributed by atoms with Gasteiger partial charge in [-0.15, -0.1) is 0 Å². The minimum absolute atomic E-state index is 0.0612. The monoisotopic (exact) mass is 436 g/mol. The number of pyridine rings is 1. The quantitative estimate of drug-likeness (QED) is 0.361. The van der Waals surface area contributed by atoms with Crippen LogP contribution in [-0.2, 0) is 10.1 Å². The Morgan fingerprint density at radius 3 is 2.31 bits per heavy atom. The molecule has 4 aromatic rings. The lowest BCUT2D eigenvalue weighted by molar-refractivity contribution is 0.490. The number of aromatic nitrogens is 2. The Kier molecular flexibility index (Phi) is 4.68. The molecule has 0 aliphatic carbocycles. The maximum atomic E-state index is 12.2. The van der Waals surface area contributed by atoms with Gasteiger partial charge in [0.2, 0.25) is 0 Å². The van der Waals surface area contributed by atoms with Gasteiger partial charge in [0.05, 0.1) is 22.7 Å². The third-order valence-electron chi connectivity index (χ3n) is 4.22. The third kappa shape index (κ3) is 3.40. The molecule has 0 bridgehead atoms. The number of rotatable bonds is 0. The molecule has 0 saturated carbocycles. The Hall–Kier alpha value is -2.16. The van der Waals surface area contributed by atoms with Crippen LogP contribution in [0.2, 0.25) is 0 Å². The van der Waals surface area contributed by atoms with Crippen molar-refractivity contribution in [3.05, 3.63) is 56.3 Å². The second-order valence-electron chi connectivity index (χ2n) is 6.14. The van der Waals surface area contributed by atoms with Gasteiger partial charge in [0.1, 0.15) is 0 Å². The number of benzene rings is 2. The number of H-pyrrole nitrogens is 2. The summed E-state index contributed by atoms with van der Waals surface area (Å²) in [6.07, 6.45) is 2.43. The van der Waals surface area contributed by atoms with Crippen LogP contribution in [0.4, 0.5) is 0 Å². The lowest BCUT2D eigenvalue weighted by atomic mass is 9.99. The first-order valence-electron chi connectivity index (χ1n) is 7.72. The van der Waals surface area contributed by atoms with Gasteiger partial charge in [-0.2, -0.15) is 8.42 Å². The number of hydrogen-bond acceptors (Lipinski definition) is 3. The lowest BCUT2D eigenvalue weighted by Crippen LogP contribution is -2.04. The molecule has 0 aliphatic heterocycles. The fourth-order valence-corrected chi connectivity index (χ4v) is 3.59. The van der Waals surface area contributed by atoms with Crippen molar-refractivity contribution >= 4 is 58.8 Å². The van der Waals surface area contributed by atoms with Crippen LogP contribution >= 0.6 is 15.9 Å². The molecule has 2 aromatic carbocycles. The molecule has 6 nitrogen and oxygen atoms in total. The van der Waals surface area contributed by atoms with Gasteiger partial charge in [0, 0.05) is 33.0 Å². The molecule has 0 saturated heterocycles. The minimum atomic E-state index is -3.67. The van der Waals surface area contributed by atoms with E-state index in [-0.39, 0.29) is 5.43 Å². The highest BCUT2D eigenvalue weighted by Gasteiger charge is 2.15. The molecule has 0 spiro atoms. The lowest BCUT2D eigenvalue weighted by Gasteiger charge is -2.08. The fraction of sp³-hybridized carbons (Fsp3) is 0.167. The minimum Gasteiger partial charge on any atom is -0.361 e. The Labute approximate surface area is 158 Å². The standard InChI is InChI=1S/C17H13BrN2O.CH4O3S/c1-8-14-11-7-10(18)3-4-12(11)20-17(14)9(2)15-13(21)5-6-19-16(8)15;1-5(2,3)4/h3-7,20H,1-2H3,(H,19,21);1H3,(H,2,3,4). The van der Waals surface area contributed by atoms with Crippen molar-refractivity contribution in [2.45, 2.75) is 13.8 Å². The predicted molar refractivity (Wildman–Crippen MR) is 109 cm³/mol. The summed E-state index contributed by atoms with van der Waals surface area (Å²) in [5.74, 6) is 0. The first-order valence-corrected chi connectivity index (χ1v) is 10.4. The zero-order valence-electron chi connectivity index (χ0n) is 14.3.